The van der Waals surface area contributed by atoms with Crippen molar-refractivity contribution >= 4 is 11.9 Å². The quantitative estimate of drug-likeness (QED) is 0.342. The van der Waals surface area contributed by atoms with Crippen LogP contribution in [0.5, 0.6) is 0 Å². The van der Waals surface area contributed by atoms with Crippen molar-refractivity contribution < 1.29 is 23.8 Å². The topological polar surface area (TPSA) is 85.6 Å². The first kappa shape index (κ1) is 15.9. The van der Waals surface area contributed by atoms with Crippen LogP contribution in [0.15, 0.2) is 25.3 Å². The molecule has 0 aliphatic heterocycles. The predicted molar refractivity (Wildman–Crippen MR) is 62.3 cm³/mol. The van der Waals surface area contributed by atoms with E-state index in [1.807, 2.05) is 6.07 Å². The first-order valence-corrected chi connectivity index (χ1v) is 5.21. The fourth-order valence-corrected chi connectivity index (χ4v) is 0.895. The van der Waals surface area contributed by atoms with Crippen LogP contribution in [0.1, 0.15) is 6.42 Å². The molecule has 6 heteroatoms. The normalized spacial score (nSPS) is 10.8. The lowest BCUT2D eigenvalue weighted by Gasteiger charge is -2.16. The molecular weight excluding hydrogens is 238 g/mol. The van der Waals surface area contributed by atoms with Crippen LogP contribution >= 0.6 is 0 Å². The van der Waals surface area contributed by atoms with Crippen molar-refractivity contribution in [3.8, 4) is 6.07 Å². The van der Waals surface area contributed by atoms with Gasteiger partial charge >= 0.3 is 11.9 Å². The third-order valence-corrected chi connectivity index (χ3v) is 1.69. The monoisotopic (exact) mass is 253 g/mol. The number of nitrogens with zero attached hydrogens (tertiary/aromatic N) is 1. The fourth-order valence-electron chi connectivity index (χ4n) is 0.895. The Bertz CT molecular complexity index is 345. The van der Waals surface area contributed by atoms with E-state index in [1.54, 1.807) is 0 Å². The number of carbonyl (C=O) groups excluding carboxylic acids is 2. The molecular formula is C12H15NO5. The summed E-state index contributed by atoms with van der Waals surface area (Å²) >= 11 is 0. The van der Waals surface area contributed by atoms with Crippen LogP contribution in [-0.4, -0.2) is 37.9 Å². The van der Waals surface area contributed by atoms with E-state index in [1.165, 1.54) is 0 Å². The smallest absolute Gasteiger partial charge is 0.330 e. The minimum absolute atomic E-state index is 0.0334. The van der Waals surface area contributed by atoms with Crippen molar-refractivity contribution in [1.29, 1.82) is 5.26 Å². The number of nitriles is 1. The Balaban J connectivity index is 4.11. The van der Waals surface area contributed by atoms with Crippen molar-refractivity contribution in [3.63, 3.8) is 0 Å². The van der Waals surface area contributed by atoms with Crippen molar-refractivity contribution in [3.05, 3.63) is 25.3 Å². The highest BCUT2D eigenvalue weighted by Crippen LogP contribution is 1.98. The van der Waals surface area contributed by atoms with Gasteiger partial charge in [-0.2, -0.15) is 5.26 Å². The molecule has 1 unspecified atom stereocenters. The minimum atomic E-state index is -0.738. The Labute approximate surface area is 105 Å². The third kappa shape index (κ3) is 8.07. The van der Waals surface area contributed by atoms with Gasteiger partial charge in [-0.05, 0) is 0 Å². The van der Waals surface area contributed by atoms with Gasteiger partial charge in [0.1, 0.15) is 6.61 Å². The zero-order valence-electron chi connectivity index (χ0n) is 9.96. The van der Waals surface area contributed by atoms with Crippen LogP contribution in [-0.2, 0) is 23.8 Å². The summed E-state index contributed by atoms with van der Waals surface area (Å²) in [5.74, 6) is -1.26. The molecule has 0 saturated carbocycles. The number of carbonyl (C=O) groups is 2. The summed E-state index contributed by atoms with van der Waals surface area (Å²) in [6.45, 7) is 6.60. The highest BCUT2D eigenvalue weighted by Gasteiger charge is 2.15. The van der Waals surface area contributed by atoms with Crippen molar-refractivity contribution in [1.82, 2.24) is 0 Å². The summed E-state index contributed by atoms with van der Waals surface area (Å²) in [7, 11) is 0. The van der Waals surface area contributed by atoms with Gasteiger partial charge in [-0.3, -0.25) is 0 Å². The van der Waals surface area contributed by atoms with Crippen LogP contribution in [0.2, 0.25) is 0 Å². The van der Waals surface area contributed by atoms with E-state index in [2.05, 4.69) is 13.2 Å². The van der Waals surface area contributed by atoms with Crippen LogP contribution in [0, 0.1) is 11.3 Å². The fraction of sp³-hybridized carbons (Fsp3) is 0.417. The molecule has 1 atom stereocenters. The van der Waals surface area contributed by atoms with Gasteiger partial charge in [0.15, 0.2) is 6.10 Å². The van der Waals surface area contributed by atoms with Gasteiger partial charge in [0.05, 0.1) is 25.7 Å². The zero-order chi connectivity index (χ0) is 13.8. The predicted octanol–water partition coefficient (Wildman–Crippen LogP) is 0.744. The molecule has 0 bridgehead atoms. The molecule has 18 heavy (non-hydrogen) atoms. The van der Waals surface area contributed by atoms with Crippen LogP contribution in [0.3, 0.4) is 0 Å². The van der Waals surface area contributed by atoms with E-state index in [0.29, 0.717) is 0 Å². The number of hydrogen-bond donors (Lipinski definition) is 0. The Kier molecular flexibility index (Phi) is 8.86. The van der Waals surface area contributed by atoms with Crippen LogP contribution < -0.4 is 0 Å². The average Bonchev–Trinajstić information content (AvgIpc) is 2.39. The molecule has 0 amide bonds. The number of hydrogen-bond acceptors (Lipinski definition) is 6. The third-order valence-electron chi connectivity index (χ3n) is 1.69. The summed E-state index contributed by atoms with van der Waals surface area (Å²) in [4.78, 5) is 21.9. The van der Waals surface area contributed by atoms with Gasteiger partial charge in [0.2, 0.25) is 0 Å². The number of rotatable bonds is 9. The molecule has 0 radical (unpaired) electrons. The Morgan fingerprint density at radius 1 is 1.22 bits per heavy atom. The molecule has 0 aromatic carbocycles. The van der Waals surface area contributed by atoms with E-state index < -0.39 is 18.0 Å². The lowest BCUT2D eigenvalue weighted by Crippen LogP contribution is -2.29. The molecule has 0 spiro atoms. The minimum Gasteiger partial charge on any atom is -0.458 e. The van der Waals surface area contributed by atoms with E-state index in [9.17, 15) is 9.59 Å². The van der Waals surface area contributed by atoms with E-state index in [0.717, 1.165) is 12.2 Å². The molecule has 0 aliphatic carbocycles. The lowest BCUT2D eigenvalue weighted by molar-refractivity contribution is -0.156. The molecule has 98 valence electrons. The van der Waals surface area contributed by atoms with Gasteiger partial charge in [-0.25, -0.2) is 9.59 Å². The molecule has 0 saturated heterocycles. The summed E-state index contributed by atoms with van der Waals surface area (Å²) in [5.41, 5.74) is 0. The van der Waals surface area contributed by atoms with Gasteiger partial charge in [0.25, 0.3) is 0 Å². The summed E-state index contributed by atoms with van der Waals surface area (Å²) in [5, 5.41) is 8.31. The van der Waals surface area contributed by atoms with Crippen molar-refractivity contribution in [2.75, 3.05) is 19.8 Å². The SMILES string of the molecule is C=CC(=O)OCC(COCCC#N)OC(=O)C=C. The molecule has 0 aliphatic rings. The molecule has 0 aromatic rings. The van der Waals surface area contributed by atoms with Gasteiger partial charge in [-0.1, -0.05) is 13.2 Å². The maximum absolute atomic E-state index is 11.0. The van der Waals surface area contributed by atoms with Crippen molar-refractivity contribution in [2.45, 2.75) is 12.5 Å². The maximum Gasteiger partial charge on any atom is 0.330 e. The van der Waals surface area contributed by atoms with Crippen molar-refractivity contribution in [2.24, 2.45) is 0 Å². The summed E-state index contributed by atoms with van der Waals surface area (Å²) in [6, 6.07) is 1.91. The van der Waals surface area contributed by atoms with Gasteiger partial charge < -0.3 is 14.2 Å². The lowest BCUT2D eigenvalue weighted by atomic mass is 10.4. The molecule has 0 N–H and O–H groups in total. The second kappa shape index (κ2) is 10.1. The van der Waals surface area contributed by atoms with Gasteiger partial charge in [-0.15, -0.1) is 0 Å². The van der Waals surface area contributed by atoms with E-state index in [4.69, 9.17) is 19.5 Å². The number of esters is 2. The summed E-state index contributed by atoms with van der Waals surface area (Å²) < 4.78 is 14.7. The molecule has 6 nitrogen and oxygen atoms in total. The second-order valence-corrected chi connectivity index (χ2v) is 3.08. The second-order valence-electron chi connectivity index (χ2n) is 3.08. The maximum atomic E-state index is 11.0. The highest BCUT2D eigenvalue weighted by molar-refractivity contribution is 5.82. The Hall–Kier alpha value is -2.13. The first-order valence-electron chi connectivity index (χ1n) is 5.21. The largest absolute Gasteiger partial charge is 0.458 e. The molecule has 0 rings (SSSR count). The molecule has 0 fully saturated rings. The summed E-state index contributed by atoms with van der Waals surface area (Å²) in [6.07, 6.45) is 1.49. The van der Waals surface area contributed by atoms with Gasteiger partial charge in [0, 0.05) is 12.2 Å². The van der Waals surface area contributed by atoms with E-state index in [-0.39, 0.29) is 26.2 Å². The van der Waals surface area contributed by atoms with E-state index >= 15 is 0 Å². The van der Waals surface area contributed by atoms with Crippen LogP contribution in [0.4, 0.5) is 0 Å². The standard InChI is InChI=1S/C12H15NO5/c1-3-11(14)17-9-10(18-12(15)4-2)8-16-7-5-6-13/h3-4,10H,1-2,5,7-9H2. The molecule has 0 aromatic heterocycles. The molecule has 0 heterocycles. The average molecular weight is 253 g/mol. The first-order chi connectivity index (χ1) is 8.63. The highest BCUT2D eigenvalue weighted by atomic mass is 16.6. The zero-order valence-corrected chi connectivity index (χ0v) is 9.96. The van der Waals surface area contributed by atoms with Crippen LogP contribution in [0.25, 0.3) is 0 Å². The number of ether oxygens (including phenoxy) is 3. The Morgan fingerprint density at radius 3 is 2.44 bits per heavy atom. The Morgan fingerprint density at radius 2 is 1.89 bits per heavy atom.